The van der Waals surface area contributed by atoms with Gasteiger partial charge in [0.15, 0.2) is 5.78 Å². The monoisotopic (exact) mass is 323 g/mol. The smallest absolute Gasteiger partial charge is 0.413 e. The number of nitrogens with zero attached hydrogens (tertiary/aromatic N) is 1. The zero-order valence-electron chi connectivity index (χ0n) is 13.2. The fourth-order valence-corrected chi connectivity index (χ4v) is 2.44. The van der Waals surface area contributed by atoms with Crippen LogP contribution in [0.25, 0.3) is 11.0 Å². The highest BCUT2D eigenvalue weighted by atomic mass is 16.5. The minimum Gasteiger partial charge on any atom is -0.453 e. The van der Waals surface area contributed by atoms with Crippen LogP contribution in [-0.4, -0.2) is 29.0 Å². The van der Waals surface area contributed by atoms with Crippen molar-refractivity contribution < 1.29 is 14.3 Å². The van der Waals surface area contributed by atoms with E-state index in [1.54, 1.807) is 18.2 Å². The summed E-state index contributed by atoms with van der Waals surface area (Å²) in [5, 5.41) is 2.46. The number of rotatable bonds is 5. The largest absolute Gasteiger partial charge is 0.453 e. The van der Waals surface area contributed by atoms with Crippen LogP contribution in [0.2, 0.25) is 0 Å². The molecule has 0 unspecified atom stereocenters. The van der Waals surface area contributed by atoms with E-state index in [-0.39, 0.29) is 11.7 Å². The lowest BCUT2D eigenvalue weighted by Gasteiger charge is -2.02. The number of anilines is 1. The topological polar surface area (TPSA) is 84.1 Å². The molecule has 1 amide bonds. The maximum absolute atomic E-state index is 12.4. The van der Waals surface area contributed by atoms with Crippen LogP contribution in [-0.2, 0) is 11.2 Å². The molecule has 0 bridgehead atoms. The lowest BCUT2D eigenvalue weighted by Crippen LogP contribution is -2.11. The van der Waals surface area contributed by atoms with Gasteiger partial charge in [0.05, 0.1) is 18.1 Å². The molecule has 0 saturated carbocycles. The Kier molecular flexibility index (Phi) is 4.56. The van der Waals surface area contributed by atoms with Crippen molar-refractivity contribution in [2.75, 3.05) is 12.4 Å². The second-order valence-electron chi connectivity index (χ2n) is 5.34. The van der Waals surface area contributed by atoms with E-state index in [0.717, 1.165) is 5.56 Å². The van der Waals surface area contributed by atoms with Gasteiger partial charge in [-0.1, -0.05) is 30.3 Å². The first-order chi connectivity index (χ1) is 11.7. The molecule has 0 spiro atoms. The van der Waals surface area contributed by atoms with Gasteiger partial charge in [0.2, 0.25) is 5.95 Å². The zero-order chi connectivity index (χ0) is 16.9. The third-order valence-corrected chi connectivity index (χ3v) is 3.69. The predicted molar refractivity (Wildman–Crippen MR) is 91.2 cm³/mol. The van der Waals surface area contributed by atoms with Crippen molar-refractivity contribution in [1.82, 2.24) is 9.97 Å². The highest BCUT2D eigenvalue weighted by molar-refractivity contribution is 5.99. The van der Waals surface area contributed by atoms with Crippen LogP contribution in [0.3, 0.4) is 0 Å². The Morgan fingerprint density at radius 1 is 1.17 bits per heavy atom. The van der Waals surface area contributed by atoms with Crippen molar-refractivity contribution in [1.29, 1.82) is 0 Å². The highest BCUT2D eigenvalue weighted by Gasteiger charge is 2.11. The number of Topliss-reactive ketones (excluding diaryl/α,β-unsaturated/α-hetero) is 1. The molecule has 0 aliphatic heterocycles. The first kappa shape index (κ1) is 15.7. The summed E-state index contributed by atoms with van der Waals surface area (Å²) in [6.07, 6.45) is 0.542. The van der Waals surface area contributed by atoms with Gasteiger partial charge >= 0.3 is 6.09 Å². The summed E-state index contributed by atoms with van der Waals surface area (Å²) >= 11 is 0. The van der Waals surface area contributed by atoms with Crippen LogP contribution in [0.1, 0.15) is 22.3 Å². The van der Waals surface area contributed by atoms with Crippen molar-refractivity contribution in [2.45, 2.75) is 12.8 Å². The van der Waals surface area contributed by atoms with Gasteiger partial charge in [-0.05, 0) is 30.2 Å². The van der Waals surface area contributed by atoms with Crippen LogP contribution in [0.15, 0.2) is 48.5 Å². The van der Waals surface area contributed by atoms with E-state index < -0.39 is 6.09 Å². The fraction of sp³-hybridized carbons (Fsp3) is 0.167. The molecule has 0 aliphatic rings. The third-order valence-electron chi connectivity index (χ3n) is 3.69. The molecule has 3 rings (SSSR count). The number of amides is 1. The van der Waals surface area contributed by atoms with Gasteiger partial charge in [-0.15, -0.1) is 0 Å². The quantitative estimate of drug-likeness (QED) is 0.703. The average Bonchev–Trinajstić information content (AvgIpc) is 3.01. The average molecular weight is 323 g/mol. The zero-order valence-corrected chi connectivity index (χ0v) is 13.2. The SMILES string of the molecule is COC(=O)Nc1nc2ccc(C(=O)CCc3ccccc3)cc2[nH]1. The predicted octanol–water partition coefficient (Wildman–Crippen LogP) is 3.56. The van der Waals surface area contributed by atoms with Crippen LogP contribution in [0.5, 0.6) is 0 Å². The van der Waals surface area contributed by atoms with E-state index in [4.69, 9.17) is 0 Å². The number of carbonyl (C=O) groups excluding carboxylic acids is 2. The van der Waals surface area contributed by atoms with Gasteiger partial charge < -0.3 is 9.72 Å². The minimum absolute atomic E-state index is 0.0674. The lowest BCUT2D eigenvalue weighted by molar-refractivity contribution is 0.0983. The van der Waals surface area contributed by atoms with Gasteiger partial charge in [0.25, 0.3) is 0 Å². The van der Waals surface area contributed by atoms with E-state index in [1.807, 2.05) is 30.3 Å². The number of carbonyl (C=O) groups is 2. The summed E-state index contributed by atoms with van der Waals surface area (Å²) < 4.78 is 4.52. The molecule has 0 atom stereocenters. The molecule has 1 aromatic heterocycles. The molecule has 122 valence electrons. The molecule has 3 aromatic rings. The molecule has 6 heteroatoms. The van der Waals surface area contributed by atoms with Gasteiger partial charge in [0, 0.05) is 12.0 Å². The Morgan fingerprint density at radius 2 is 1.96 bits per heavy atom. The third kappa shape index (κ3) is 3.60. The van der Waals surface area contributed by atoms with Crippen molar-refractivity contribution in [3.63, 3.8) is 0 Å². The number of benzene rings is 2. The van der Waals surface area contributed by atoms with Crippen LogP contribution >= 0.6 is 0 Å². The van der Waals surface area contributed by atoms with Crippen molar-refractivity contribution >= 4 is 28.9 Å². The number of ether oxygens (including phenoxy) is 1. The maximum Gasteiger partial charge on any atom is 0.413 e. The van der Waals surface area contributed by atoms with E-state index >= 15 is 0 Å². The molecule has 0 saturated heterocycles. The number of ketones is 1. The van der Waals surface area contributed by atoms with Crippen LogP contribution in [0, 0.1) is 0 Å². The van der Waals surface area contributed by atoms with Crippen molar-refractivity contribution in [3.8, 4) is 0 Å². The Balaban J connectivity index is 1.72. The maximum atomic E-state index is 12.4. The molecule has 2 N–H and O–H groups in total. The summed E-state index contributed by atoms with van der Waals surface area (Å²) in [4.78, 5) is 30.7. The number of fused-ring (bicyclic) bond motifs is 1. The number of aryl methyl sites for hydroxylation is 1. The molecule has 24 heavy (non-hydrogen) atoms. The molecule has 1 heterocycles. The Bertz CT molecular complexity index is 872. The summed E-state index contributed by atoms with van der Waals surface area (Å²) in [6.45, 7) is 0. The van der Waals surface area contributed by atoms with Crippen LogP contribution in [0.4, 0.5) is 10.7 Å². The van der Waals surface area contributed by atoms with Gasteiger partial charge in [0.1, 0.15) is 0 Å². The molecule has 2 aromatic carbocycles. The number of aromatic nitrogens is 2. The molecule has 0 radical (unpaired) electrons. The first-order valence-corrected chi connectivity index (χ1v) is 7.57. The summed E-state index contributed by atoms with van der Waals surface area (Å²) in [7, 11) is 1.28. The number of H-pyrrole nitrogens is 1. The Hall–Kier alpha value is -3.15. The number of hydrogen-bond donors (Lipinski definition) is 2. The first-order valence-electron chi connectivity index (χ1n) is 7.57. The van der Waals surface area contributed by atoms with E-state index in [0.29, 0.717) is 29.4 Å². The lowest BCUT2D eigenvalue weighted by atomic mass is 10.0. The Morgan fingerprint density at radius 3 is 2.71 bits per heavy atom. The molecular formula is C18H17N3O3. The summed E-state index contributed by atoms with van der Waals surface area (Å²) in [5.74, 6) is 0.351. The molecule has 0 aliphatic carbocycles. The van der Waals surface area contributed by atoms with Crippen molar-refractivity contribution in [3.05, 3.63) is 59.7 Å². The molecule has 6 nitrogen and oxygen atoms in total. The Labute approximate surface area is 138 Å². The standard InChI is InChI=1S/C18H17N3O3/c1-24-18(23)21-17-19-14-9-8-13(11-15(14)20-17)16(22)10-7-12-5-3-2-4-6-12/h2-6,8-9,11H,7,10H2,1H3,(H2,19,20,21,23). The fourth-order valence-electron chi connectivity index (χ4n) is 2.44. The van der Waals surface area contributed by atoms with Gasteiger partial charge in [-0.25, -0.2) is 9.78 Å². The summed E-state index contributed by atoms with van der Waals surface area (Å²) in [6, 6.07) is 15.2. The number of imidazole rings is 1. The number of methoxy groups -OCH3 is 1. The van der Waals surface area contributed by atoms with E-state index in [1.165, 1.54) is 7.11 Å². The number of nitrogens with one attached hydrogen (secondary N) is 2. The highest BCUT2D eigenvalue weighted by Crippen LogP contribution is 2.18. The second kappa shape index (κ2) is 6.95. The summed E-state index contributed by atoms with van der Waals surface area (Å²) in [5.41, 5.74) is 3.11. The van der Waals surface area contributed by atoms with Gasteiger partial charge in [-0.2, -0.15) is 0 Å². The van der Waals surface area contributed by atoms with Crippen LogP contribution < -0.4 is 5.32 Å². The van der Waals surface area contributed by atoms with E-state index in [2.05, 4.69) is 20.0 Å². The van der Waals surface area contributed by atoms with Crippen molar-refractivity contribution in [2.24, 2.45) is 0 Å². The molecule has 0 fully saturated rings. The van der Waals surface area contributed by atoms with E-state index in [9.17, 15) is 9.59 Å². The molecular weight excluding hydrogens is 306 g/mol. The normalized spacial score (nSPS) is 10.5. The number of hydrogen-bond acceptors (Lipinski definition) is 4. The minimum atomic E-state index is -0.604. The second-order valence-corrected chi connectivity index (χ2v) is 5.34. The van der Waals surface area contributed by atoms with Gasteiger partial charge in [-0.3, -0.25) is 10.1 Å². The number of aromatic amines is 1.